The summed E-state index contributed by atoms with van der Waals surface area (Å²) in [7, 11) is 1.57. The Morgan fingerprint density at radius 3 is 2.32 bits per heavy atom. The molecule has 1 saturated carbocycles. The van der Waals surface area contributed by atoms with Crippen LogP contribution >= 0.6 is 11.6 Å². The van der Waals surface area contributed by atoms with Gasteiger partial charge in [0.1, 0.15) is 17.2 Å². The zero-order valence-corrected chi connectivity index (χ0v) is 14.6. The van der Waals surface area contributed by atoms with Gasteiger partial charge in [-0.25, -0.2) is 4.79 Å². The van der Waals surface area contributed by atoms with Crippen LogP contribution in [0.4, 0.5) is 4.79 Å². The molecule has 0 aromatic heterocycles. The topological polar surface area (TPSA) is 93.8 Å². The number of benzene rings is 2. The lowest BCUT2D eigenvalue weighted by molar-refractivity contribution is 0.194. The first kappa shape index (κ1) is 18.9. The van der Waals surface area contributed by atoms with Gasteiger partial charge < -0.3 is 25.6 Å². The highest BCUT2D eigenvalue weighted by molar-refractivity contribution is 6.32. The van der Waals surface area contributed by atoms with Crippen LogP contribution in [0, 0.1) is 0 Å². The molecule has 0 unspecified atom stereocenters. The summed E-state index contributed by atoms with van der Waals surface area (Å²) >= 11 is 6.09. The molecule has 1 amide bonds. The fraction of sp³-hybridized carbons (Fsp3) is 0.278. The van der Waals surface area contributed by atoms with Crippen molar-refractivity contribution in [2.45, 2.75) is 25.4 Å². The van der Waals surface area contributed by atoms with E-state index in [1.54, 1.807) is 49.6 Å². The van der Waals surface area contributed by atoms with Crippen molar-refractivity contribution in [1.82, 2.24) is 5.32 Å². The highest BCUT2D eigenvalue weighted by Crippen LogP contribution is 2.32. The number of carboxylic acid groups (broad SMARTS) is 1. The predicted molar refractivity (Wildman–Crippen MR) is 96.6 cm³/mol. The van der Waals surface area contributed by atoms with Crippen LogP contribution in [0.5, 0.6) is 17.2 Å². The molecule has 3 rings (SSSR count). The molecular weight excluding hydrogens is 344 g/mol. The van der Waals surface area contributed by atoms with Crippen molar-refractivity contribution in [3.63, 3.8) is 0 Å². The monoisotopic (exact) mass is 364 g/mol. The number of hydrogen-bond donors (Lipinski definition) is 3. The molecule has 134 valence electrons. The second-order valence-electron chi connectivity index (χ2n) is 5.54. The molecule has 25 heavy (non-hydrogen) atoms. The zero-order valence-electron chi connectivity index (χ0n) is 13.9. The maximum atomic E-state index is 10.4. The van der Waals surface area contributed by atoms with Crippen LogP contribution in [0.2, 0.25) is 5.02 Å². The molecule has 2 aromatic rings. The van der Waals surface area contributed by atoms with Crippen molar-refractivity contribution >= 4 is 17.7 Å². The van der Waals surface area contributed by atoms with Crippen LogP contribution in [0.1, 0.15) is 18.4 Å². The summed E-state index contributed by atoms with van der Waals surface area (Å²) in [5.41, 5.74) is 6.06. The van der Waals surface area contributed by atoms with Gasteiger partial charge in [-0.05, 0) is 42.7 Å². The molecular formula is C18H21ClN2O4. The highest BCUT2D eigenvalue weighted by atomic mass is 35.5. The van der Waals surface area contributed by atoms with Gasteiger partial charge in [0.25, 0.3) is 0 Å². The summed E-state index contributed by atoms with van der Waals surface area (Å²) in [6, 6.07) is 12.8. The van der Waals surface area contributed by atoms with E-state index in [0.29, 0.717) is 28.3 Å². The summed E-state index contributed by atoms with van der Waals surface area (Å²) in [6.45, 7) is 0.249. The van der Waals surface area contributed by atoms with Gasteiger partial charge in [-0.15, -0.1) is 0 Å². The molecule has 1 aliphatic rings. The number of nitrogens with one attached hydrogen (secondary N) is 1. The minimum atomic E-state index is -1.06. The number of amides is 1. The number of ether oxygens (including phenoxy) is 2. The smallest absolute Gasteiger partial charge is 0.404 e. The third-order valence-corrected chi connectivity index (χ3v) is 3.65. The number of hydrogen-bond acceptors (Lipinski definition) is 4. The quantitative estimate of drug-likeness (QED) is 0.745. The molecule has 0 radical (unpaired) electrons. The Bertz CT molecular complexity index is 703. The van der Waals surface area contributed by atoms with Crippen molar-refractivity contribution < 1.29 is 19.4 Å². The van der Waals surface area contributed by atoms with Gasteiger partial charge in [-0.1, -0.05) is 23.7 Å². The van der Waals surface area contributed by atoms with E-state index >= 15 is 0 Å². The summed E-state index contributed by atoms with van der Waals surface area (Å²) in [6.07, 6.45) is 1.47. The summed E-state index contributed by atoms with van der Waals surface area (Å²) in [5.74, 6) is 1.79. The van der Waals surface area contributed by atoms with Gasteiger partial charge in [-0.2, -0.15) is 0 Å². The van der Waals surface area contributed by atoms with Gasteiger partial charge in [0.05, 0.1) is 12.1 Å². The lowest BCUT2D eigenvalue weighted by Gasteiger charge is -2.09. The second-order valence-corrected chi connectivity index (χ2v) is 5.95. The molecule has 6 nitrogen and oxygen atoms in total. The van der Waals surface area contributed by atoms with Gasteiger partial charge >= 0.3 is 6.09 Å². The van der Waals surface area contributed by atoms with E-state index in [-0.39, 0.29) is 6.54 Å². The van der Waals surface area contributed by atoms with E-state index in [9.17, 15) is 4.79 Å². The number of halogens is 1. The molecule has 1 aliphatic carbocycles. The van der Waals surface area contributed by atoms with Crippen LogP contribution in [-0.4, -0.2) is 24.4 Å². The Labute approximate surface area is 151 Å². The lowest BCUT2D eigenvalue weighted by Crippen LogP contribution is -2.19. The van der Waals surface area contributed by atoms with Gasteiger partial charge in [0.2, 0.25) is 0 Å². The van der Waals surface area contributed by atoms with Crippen molar-refractivity contribution in [3.05, 3.63) is 53.1 Å². The van der Waals surface area contributed by atoms with E-state index in [0.717, 1.165) is 5.56 Å². The standard InChI is InChI=1S/C15H14ClNO4.C3H7N/c1-20-12-6-7-14(13(16)8-12)21-11-4-2-10(3-5-11)9-17-15(18)19;4-3-1-2-3/h2-8,17H,9H2,1H3,(H,18,19);3H,1-2,4H2. The lowest BCUT2D eigenvalue weighted by atomic mass is 10.2. The molecule has 2 aromatic carbocycles. The Morgan fingerprint density at radius 1 is 1.24 bits per heavy atom. The molecule has 0 atom stereocenters. The highest BCUT2D eigenvalue weighted by Gasteiger charge is 2.13. The van der Waals surface area contributed by atoms with Crippen molar-refractivity contribution in [2.24, 2.45) is 5.73 Å². The first-order chi connectivity index (χ1) is 12.0. The second kappa shape index (κ2) is 9.15. The first-order valence-electron chi connectivity index (χ1n) is 7.80. The first-order valence-corrected chi connectivity index (χ1v) is 8.18. The summed E-state index contributed by atoms with van der Waals surface area (Å²) < 4.78 is 10.7. The number of methoxy groups -OCH3 is 1. The van der Waals surface area contributed by atoms with Gasteiger partial charge in [0, 0.05) is 18.7 Å². The number of nitrogens with two attached hydrogens (primary N) is 1. The van der Waals surface area contributed by atoms with Crippen LogP contribution in [0.25, 0.3) is 0 Å². The molecule has 0 saturated heterocycles. The maximum absolute atomic E-state index is 10.4. The molecule has 0 aliphatic heterocycles. The number of rotatable bonds is 5. The van der Waals surface area contributed by atoms with E-state index in [2.05, 4.69) is 5.32 Å². The maximum Gasteiger partial charge on any atom is 0.404 e. The largest absolute Gasteiger partial charge is 0.497 e. The zero-order chi connectivity index (χ0) is 18.2. The van der Waals surface area contributed by atoms with Crippen LogP contribution < -0.4 is 20.5 Å². The fourth-order valence-electron chi connectivity index (χ4n) is 1.77. The summed E-state index contributed by atoms with van der Waals surface area (Å²) in [5, 5.41) is 11.3. The Hall–Kier alpha value is -2.44. The minimum Gasteiger partial charge on any atom is -0.497 e. The van der Waals surface area contributed by atoms with Crippen LogP contribution in [0.3, 0.4) is 0 Å². The summed E-state index contributed by atoms with van der Waals surface area (Å²) in [4.78, 5) is 10.4. The molecule has 0 spiro atoms. The Morgan fingerprint density at radius 2 is 1.84 bits per heavy atom. The molecule has 4 N–H and O–H groups in total. The van der Waals surface area contributed by atoms with Crippen LogP contribution in [-0.2, 0) is 6.54 Å². The third kappa shape index (κ3) is 6.91. The SMILES string of the molecule is COc1ccc(Oc2ccc(CNC(=O)O)cc2)c(Cl)c1.NC1CC1. The third-order valence-electron chi connectivity index (χ3n) is 3.36. The molecule has 7 heteroatoms. The van der Waals surface area contributed by atoms with E-state index in [4.69, 9.17) is 31.9 Å². The average molecular weight is 365 g/mol. The van der Waals surface area contributed by atoms with Crippen LogP contribution in [0.15, 0.2) is 42.5 Å². The molecule has 0 bridgehead atoms. The Kier molecular flexibility index (Phi) is 6.91. The number of carbonyl (C=O) groups is 1. The van der Waals surface area contributed by atoms with Gasteiger partial charge in [0.15, 0.2) is 0 Å². The minimum absolute atomic E-state index is 0.249. The predicted octanol–water partition coefficient (Wildman–Crippen LogP) is 4.02. The van der Waals surface area contributed by atoms with E-state index in [1.807, 2.05) is 0 Å². The normalized spacial score (nSPS) is 12.6. The van der Waals surface area contributed by atoms with Crippen molar-refractivity contribution in [1.29, 1.82) is 0 Å². The van der Waals surface area contributed by atoms with E-state index < -0.39 is 6.09 Å². The fourth-order valence-corrected chi connectivity index (χ4v) is 1.98. The molecule has 0 heterocycles. The van der Waals surface area contributed by atoms with Gasteiger partial charge in [-0.3, -0.25) is 0 Å². The van der Waals surface area contributed by atoms with E-state index in [1.165, 1.54) is 12.8 Å². The average Bonchev–Trinajstić information content (AvgIpc) is 3.38. The van der Waals surface area contributed by atoms with Crippen molar-refractivity contribution in [3.8, 4) is 17.2 Å². The Balaban J connectivity index is 0.000000493. The molecule has 1 fully saturated rings. The van der Waals surface area contributed by atoms with Crippen molar-refractivity contribution in [2.75, 3.05) is 7.11 Å².